The molecule has 1 N–H and O–H groups in total. The molecule has 1 aliphatic rings. The Bertz CT molecular complexity index is 817. The Labute approximate surface area is 170 Å². The van der Waals surface area contributed by atoms with Crippen LogP contribution in [-0.4, -0.2) is 35.9 Å². The molecule has 0 radical (unpaired) electrons. The van der Waals surface area contributed by atoms with E-state index in [-0.39, 0.29) is 11.8 Å². The van der Waals surface area contributed by atoms with Crippen LogP contribution in [0.1, 0.15) is 43.0 Å². The van der Waals surface area contributed by atoms with Gasteiger partial charge in [-0.05, 0) is 62.1 Å². The first kappa shape index (κ1) is 20.2. The average molecular weight is 401 g/mol. The average Bonchev–Trinajstić information content (AvgIpc) is 2.73. The van der Waals surface area contributed by atoms with Crippen molar-refractivity contribution >= 4 is 29.1 Å². The van der Waals surface area contributed by atoms with Crippen LogP contribution >= 0.6 is 11.6 Å². The van der Waals surface area contributed by atoms with Crippen molar-refractivity contribution in [3.05, 3.63) is 59.1 Å². The number of benzene rings is 2. The Morgan fingerprint density at radius 1 is 1.07 bits per heavy atom. The third kappa shape index (κ3) is 5.04. The fraction of sp³-hybridized carbons (Fsp3) is 0.364. The molecule has 5 nitrogen and oxygen atoms in total. The fourth-order valence-corrected chi connectivity index (χ4v) is 3.38. The van der Waals surface area contributed by atoms with Crippen LogP contribution in [0.25, 0.3) is 0 Å². The minimum atomic E-state index is -0.667. The van der Waals surface area contributed by atoms with Crippen molar-refractivity contribution in [2.45, 2.75) is 38.7 Å². The summed E-state index contributed by atoms with van der Waals surface area (Å²) in [6.45, 7) is 3.40. The van der Waals surface area contributed by atoms with E-state index in [0.717, 1.165) is 32.4 Å². The van der Waals surface area contributed by atoms with E-state index in [0.29, 0.717) is 28.4 Å². The molecule has 0 unspecified atom stereocenters. The molecule has 0 aliphatic carbocycles. The molecule has 0 bridgehead atoms. The van der Waals surface area contributed by atoms with Gasteiger partial charge in [-0.2, -0.15) is 0 Å². The van der Waals surface area contributed by atoms with E-state index < -0.39 is 6.10 Å². The number of carbonyl (C=O) groups is 2. The van der Waals surface area contributed by atoms with Crippen molar-refractivity contribution in [3.8, 4) is 5.75 Å². The molecule has 1 heterocycles. The van der Waals surface area contributed by atoms with Gasteiger partial charge in [0, 0.05) is 18.1 Å². The highest BCUT2D eigenvalue weighted by atomic mass is 35.5. The number of piperidine rings is 1. The zero-order valence-corrected chi connectivity index (χ0v) is 16.7. The predicted octanol–water partition coefficient (Wildman–Crippen LogP) is 4.76. The van der Waals surface area contributed by atoms with Gasteiger partial charge in [0.25, 0.3) is 11.8 Å². The smallest absolute Gasteiger partial charge is 0.265 e. The van der Waals surface area contributed by atoms with Crippen molar-refractivity contribution in [1.82, 2.24) is 4.90 Å². The monoisotopic (exact) mass is 400 g/mol. The van der Waals surface area contributed by atoms with Crippen LogP contribution in [0.4, 0.5) is 5.69 Å². The maximum atomic E-state index is 12.9. The number of hydrogen-bond donors (Lipinski definition) is 1. The molecular weight excluding hydrogens is 376 g/mol. The van der Waals surface area contributed by atoms with Gasteiger partial charge < -0.3 is 15.0 Å². The van der Waals surface area contributed by atoms with Gasteiger partial charge in [-0.1, -0.05) is 30.7 Å². The van der Waals surface area contributed by atoms with Crippen LogP contribution in [-0.2, 0) is 4.79 Å². The number of rotatable bonds is 6. The largest absolute Gasteiger partial charge is 0.481 e. The number of para-hydroxylation sites is 1. The lowest BCUT2D eigenvalue weighted by Crippen LogP contribution is -2.37. The number of amides is 2. The summed E-state index contributed by atoms with van der Waals surface area (Å²) >= 11 is 5.89. The molecule has 6 heteroatoms. The summed E-state index contributed by atoms with van der Waals surface area (Å²) in [5.41, 5.74) is 1.03. The Kier molecular flexibility index (Phi) is 6.93. The Hall–Kier alpha value is -2.53. The van der Waals surface area contributed by atoms with Crippen molar-refractivity contribution in [2.24, 2.45) is 0 Å². The summed E-state index contributed by atoms with van der Waals surface area (Å²) in [4.78, 5) is 27.5. The zero-order valence-electron chi connectivity index (χ0n) is 16.0. The van der Waals surface area contributed by atoms with Crippen LogP contribution in [0.2, 0.25) is 5.02 Å². The summed E-state index contributed by atoms with van der Waals surface area (Å²) < 4.78 is 5.80. The van der Waals surface area contributed by atoms with Crippen molar-refractivity contribution in [2.75, 3.05) is 18.4 Å². The van der Waals surface area contributed by atoms with Gasteiger partial charge in [0.05, 0.1) is 11.3 Å². The molecule has 2 aromatic rings. The van der Waals surface area contributed by atoms with Gasteiger partial charge >= 0.3 is 0 Å². The number of carbonyl (C=O) groups excluding carboxylic acids is 2. The van der Waals surface area contributed by atoms with Crippen LogP contribution in [0.3, 0.4) is 0 Å². The molecule has 0 saturated carbocycles. The highest BCUT2D eigenvalue weighted by Crippen LogP contribution is 2.22. The first-order valence-corrected chi connectivity index (χ1v) is 10.1. The van der Waals surface area contributed by atoms with Crippen LogP contribution in [0.15, 0.2) is 48.5 Å². The lowest BCUT2D eigenvalue weighted by Gasteiger charge is -2.27. The summed E-state index contributed by atoms with van der Waals surface area (Å²) in [7, 11) is 0. The Morgan fingerprint density at radius 3 is 2.43 bits per heavy atom. The molecule has 2 amide bonds. The van der Waals surface area contributed by atoms with Gasteiger partial charge in [-0.25, -0.2) is 0 Å². The lowest BCUT2D eigenvalue weighted by molar-refractivity contribution is -0.122. The van der Waals surface area contributed by atoms with Gasteiger partial charge in [-0.3, -0.25) is 9.59 Å². The number of likely N-dealkylation sites (tertiary alicyclic amines) is 1. The van der Waals surface area contributed by atoms with Crippen LogP contribution in [0, 0.1) is 0 Å². The maximum Gasteiger partial charge on any atom is 0.265 e. The normalized spacial score (nSPS) is 15.0. The zero-order chi connectivity index (χ0) is 19.9. The lowest BCUT2D eigenvalue weighted by atomic mass is 10.1. The second-order valence-corrected chi connectivity index (χ2v) is 7.29. The van der Waals surface area contributed by atoms with Crippen molar-refractivity contribution in [3.63, 3.8) is 0 Å². The third-order valence-corrected chi connectivity index (χ3v) is 5.07. The minimum Gasteiger partial charge on any atom is -0.481 e. The summed E-state index contributed by atoms with van der Waals surface area (Å²) in [5, 5.41) is 3.48. The standard InChI is InChI=1S/C22H25ClN2O3/c1-2-20(28-17-12-10-16(23)11-13-17)21(26)24-19-9-5-4-8-18(19)22(27)25-14-6-3-7-15-25/h4-5,8-13,20H,2-3,6-7,14-15H2,1H3,(H,24,26)/t20-/m0/s1. The molecule has 1 fully saturated rings. The Balaban J connectivity index is 1.72. The predicted molar refractivity (Wildman–Crippen MR) is 111 cm³/mol. The van der Waals surface area contributed by atoms with Gasteiger partial charge in [0.15, 0.2) is 6.10 Å². The molecule has 28 heavy (non-hydrogen) atoms. The van der Waals surface area contributed by atoms with E-state index in [4.69, 9.17) is 16.3 Å². The maximum absolute atomic E-state index is 12.9. The van der Waals surface area contributed by atoms with Crippen molar-refractivity contribution in [1.29, 1.82) is 0 Å². The van der Waals surface area contributed by atoms with Crippen LogP contribution < -0.4 is 10.1 Å². The van der Waals surface area contributed by atoms with Gasteiger partial charge in [-0.15, -0.1) is 0 Å². The molecule has 2 aromatic carbocycles. The molecule has 1 aliphatic heterocycles. The summed E-state index contributed by atoms with van der Waals surface area (Å²) in [6, 6.07) is 14.0. The number of halogens is 1. The summed E-state index contributed by atoms with van der Waals surface area (Å²) in [6.07, 6.45) is 3.03. The number of nitrogens with zero attached hydrogens (tertiary/aromatic N) is 1. The molecule has 1 saturated heterocycles. The molecule has 148 valence electrons. The molecule has 0 spiro atoms. The van der Waals surface area contributed by atoms with E-state index in [1.807, 2.05) is 24.0 Å². The third-order valence-electron chi connectivity index (χ3n) is 4.81. The van der Waals surface area contributed by atoms with Gasteiger partial charge in [0.2, 0.25) is 0 Å². The summed E-state index contributed by atoms with van der Waals surface area (Å²) in [5.74, 6) is 0.252. The molecular formula is C22H25ClN2O3. The minimum absolute atomic E-state index is 0.0396. The number of nitrogens with one attached hydrogen (secondary N) is 1. The SMILES string of the molecule is CC[C@H](Oc1ccc(Cl)cc1)C(=O)Nc1ccccc1C(=O)N1CCCCC1. The number of hydrogen-bond acceptors (Lipinski definition) is 3. The fourth-order valence-electron chi connectivity index (χ4n) is 3.26. The second-order valence-electron chi connectivity index (χ2n) is 6.86. The van der Waals surface area contributed by atoms with E-state index in [1.165, 1.54) is 0 Å². The topological polar surface area (TPSA) is 58.6 Å². The van der Waals surface area contributed by atoms with Gasteiger partial charge in [0.1, 0.15) is 5.75 Å². The quantitative estimate of drug-likeness (QED) is 0.760. The first-order chi connectivity index (χ1) is 13.6. The molecule has 3 rings (SSSR count). The molecule has 0 aromatic heterocycles. The highest BCUT2D eigenvalue weighted by Gasteiger charge is 2.24. The van der Waals surface area contributed by atoms with Crippen molar-refractivity contribution < 1.29 is 14.3 Å². The second kappa shape index (κ2) is 9.60. The van der Waals surface area contributed by atoms with E-state index in [2.05, 4.69) is 5.32 Å². The van der Waals surface area contributed by atoms with E-state index >= 15 is 0 Å². The number of ether oxygens (including phenoxy) is 1. The highest BCUT2D eigenvalue weighted by molar-refractivity contribution is 6.30. The van der Waals surface area contributed by atoms with Crippen LogP contribution in [0.5, 0.6) is 5.75 Å². The van der Waals surface area contributed by atoms with E-state index in [1.54, 1.807) is 36.4 Å². The van der Waals surface area contributed by atoms with E-state index in [9.17, 15) is 9.59 Å². The molecule has 1 atom stereocenters. The number of anilines is 1. The Morgan fingerprint density at radius 2 is 1.75 bits per heavy atom. The first-order valence-electron chi connectivity index (χ1n) is 9.70.